The minimum Gasteiger partial charge on any atom is -0.494 e. The van der Waals surface area contributed by atoms with E-state index in [1.165, 1.54) is 30.4 Å². The average molecular weight is 297 g/mol. The second kappa shape index (κ2) is 9.14. The van der Waals surface area contributed by atoms with Gasteiger partial charge in [0.1, 0.15) is 5.75 Å². The Bertz CT molecular complexity index is 548. The van der Waals surface area contributed by atoms with Crippen molar-refractivity contribution in [3.8, 4) is 5.75 Å². The molecule has 0 unspecified atom stereocenters. The van der Waals surface area contributed by atoms with E-state index in [9.17, 15) is 0 Å². The maximum atomic E-state index is 5.76. The number of hydrogen-bond donors (Lipinski definition) is 1. The molecule has 0 aliphatic carbocycles. The van der Waals surface area contributed by atoms with Gasteiger partial charge in [-0.15, -0.1) is 0 Å². The van der Waals surface area contributed by atoms with Crippen LogP contribution < -0.4 is 10.1 Å². The molecule has 0 radical (unpaired) electrons. The fourth-order valence-electron chi connectivity index (χ4n) is 2.39. The van der Waals surface area contributed by atoms with E-state index in [1.54, 1.807) is 0 Å². The molecule has 2 rings (SSSR count). The van der Waals surface area contributed by atoms with Gasteiger partial charge in [-0.25, -0.2) is 0 Å². The van der Waals surface area contributed by atoms with Gasteiger partial charge in [0.15, 0.2) is 0 Å². The van der Waals surface area contributed by atoms with E-state index in [-0.39, 0.29) is 0 Å². The van der Waals surface area contributed by atoms with Crippen molar-refractivity contribution < 1.29 is 4.74 Å². The van der Waals surface area contributed by atoms with Gasteiger partial charge in [-0.2, -0.15) is 0 Å². The summed E-state index contributed by atoms with van der Waals surface area (Å²) >= 11 is 0. The van der Waals surface area contributed by atoms with Crippen LogP contribution in [0.5, 0.6) is 5.75 Å². The van der Waals surface area contributed by atoms with Gasteiger partial charge in [-0.3, -0.25) is 0 Å². The third kappa shape index (κ3) is 5.44. The molecule has 0 heterocycles. The highest BCUT2D eigenvalue weighted by molar-refractivity contribution is 5.47. The summed E-state index contributed by atoms with van der Waals surface area (Å²) < 4.78 is 5.76. The lowest BCUT2D eigenvalue weighted by atomic mass is 10.1. The first-order valence-corrected chi connectivity index (χ1v) is 8.31. The molecule has 0 aliphatic heterocycles. The molecule has 0 atom stereocenters. The average Bonchev–Trinajstić information content (AvgIpc) is 2.55. The van der Waals surface area contributed by atoms with E-state index in [0.717, 1.165) is 31.0 Å². The molecular weight excluding hydrogens is 270 g/mol. The summed E-state index contributed by atoms with van der Waals surface area (Å²) in [5, 5.41) is 3.46. The van der Waals surface area contributed by atoms with Crippen LogP contribution in [0.2, 0.25) is 0 Å². The van der Waals surface area contributed by atoms with Gasteiger partial charge >= 0.3 is 0 Å². The fourth-order valence-corrected chi connectivity index (χ4v) is 2.39. The fraction of sp³-hybridized carbons (Fsp3) is 0.400. The van der Waals surface area contributed by atoms with Crippen LogP contribution in [-0.2, 0) is 6.54 Å². The molecule has 0 amide bonds. The number of ether oxygens (including phenoxy) is 1. The molecule has 0 aliphatic rings. The summed E-state index contributed by atoms with van der Waals surface area (Å²) in [5.74, 6) is 0.956. The summed E-state index contributed by atoms with van der Waals surface area (Å²) in [7, 11) is 0. The van der Waals surface area contributed by atoms with Crippen LogP contribution in [0.3, 0.4) is 0 Å². The second-order valence-corrected chi connectivity index (χ2v) is 5.71. The number of aryl methyl sites for hydroxylation is 1. The Balaban J connectivity index is 1.76. The molecule has 0 saturated carbocycles. The van der Waals surface area contributed by atoms with Crippen molar-refractivity contribution in [2.24, 2.45) is 0 Å². The van der Waals surface area contributed by atoms with Gasteiger partial charge in [-0.05, 0) is 48.7 Å². The van der Waals surface area contributed by atoms with E-state index in [1.807, 2.05) is 12.1 Å². The number of nitrogens with one attached hydrogen (secondary N) is 1. The Morgan fingerprint density at radius 3 is 2.41 bits per heavy atom. The van der Waals surface area contributed by atoms with E-state index >= 15 is 0 Å². The van der Waals surface area contributed by atoms with Crippen molar-refractivity contribution in [3.63, 3.8) is 0 Å². The van der Waals surface area contributed by atoms with Crippen LogP contribution in [0.15, 0.2) is 48.5 Å². The number of anilines is 1. The Hall–Kier alpha value is -1.96. The van der Waals surface area contributed by atoms with E-state index < -0.39 is 0 Å². The smallest absolute Gasteiger partial charge is 0.119 e. The van der Waals surface area contributed by atoms with Crippen molar-refractivity contribution in [3.05, 3.63) is 59.7 Å². The number of rotatable bonds is 9. The van der Waals surface area contributed by atoms with Gasteiger partial charge in [-0.1, -0.05) is 50.5 Å². The Morgan fingerprint density at radius 2 is 1.68 bits per heavy atom. The number of unbranched alkanes of at least 4 members (excludes halogenated alkanes) is 3. The monoisotopic (exact) mass is 297 g/mol. The quantitative estimate of drug-likeness (QED) is 0.611. The second-order valence-electron chi connectivity index (χ2n) is 5.71. The van der Waals surface area contributed by atoms with Crippen LogP contribution in [0.1, 0.15) is 43.7 Å². The Labute approximate surface area is 134 Å². The molecule has 0 saturated heterocycles. The molecule has 0 aromatic heterocycles. The molecule has 1 N–H and O–H groups in total. The zero-order chi connectivity index (χ0) is 15.6. The first-order valence-electron chi connectivity index (χ1n) is 8.31. The number of hydrogen-bond acceptors (Lipinski definition) is 2. The molecule has 118 valence electrons. The number of benzene rings is 2. The Morgan fingerprint density at radius 1 is 0.909 bits per heavy atom. The molecule has 22 heavy (non-hydrogen) atoms. The molecule has 2 aromatic rings. The zero-order valence-electron chi connectivity index (χ0n) is 13.8. The predicted octanol–water partition coefficient (Wildman–Crippen LogP) is 5.57. The largest absolute Gasteiger partial charge is 0.494 e. The lowest BCUT2D eigenvalue weighted by Crippen LogP contribution is -2.01. The summed E-state index contributed by atoms with van der Waals surface area (Å²) in [5.41, 5.74) is 3.78. The molecular formula is C20H27NO. The van der Waals surface area contributed by atoms with E-state index in [2.05, 4.69) is 55.6 Å². The van der Waals surface area contributed by atoms with Gasteiger partial charge in [0, 0.05) is 12.2 Å². The first kappa shape index (κ1) is 16.4. The van der Waals surface area contributed by atoms with Crippen LogP contribution in [0, 0.1) is 6.92 Å². The van der Waals surface area contributed by atoms with Gasteiger partial charge in [0.2, 0.25) is 0 Å². The molecule has 0 bridgehead atoms. The lowest BCUT2D eigenvalue weighted by Gasteiger charge is -2.10. The van der Waals surface area contributed by atoms with E-state index in [4.69, 9.17) is 4.74 Å². The summed E-state index contributed by atoms with van der Waals surface area (Å²) in [4.78, 5) is 0. The molecule has 0 spiro atoms. The highest BCUT2D eigenvalue weighted by atomic mass is 16.5. The minimum absolute atomic E-state index is 0.815. The SMILES string of the molecule is CCCCCCOc1ccc(NCc2ccccc2C)cc1. The van der Waals surface area contributed by atoms with E-state index in [0.29, 0.717) is 0 Å². The molecule has 2 heteroatoms. The highest BCUT2D eigenvalue weighted by Crippen LogP contribution is 2.17. The standard InChI is InChI=1S/C20H27NO/c1-3-4-5-8-15-22-20-13-11-19(12-14-20)21-16-18-10-7-6-9-17(18)2/h6-7,9-14,21H,3-5,8,15-16H2,1-2H3. The maximum absolute atomic E-state index is 5.76. The minimum atomic E-state index is 0.815. The van der Waals surface area contributed by atoms with Crippen molar-refractivity contribution >= 4 is 5.69 Å². The first-order chi connectivity index (χ1) is 10.8. The molecule has 2 nitrogen and oxygen atoms in total. The van der Waals surface area contributed by atoms with Crippen LogP contribution in [-0.4, -0.2) is 6.61 Å². The van der Waals surface area contributed by atoms with Crippen LogP contribution in [0.25, 0.3) is 0 Å². The predicted molar refractivity (Wildman–Crippen MR) is 94.6 cm³/mol. The molecule has 0 fully saturated rings. The third-order valence-corrected chi connectivity index (χ3v) is 3.87. The highest BCUT2D eigenvalue weighted by Gasteiger charge is 1.98. The summed E-state index contributed by atoms with van der Waals surface area (Å²) in [6, 6.07) is 16.7. The Kier molecular flexibility index (Phi) is 6.82. The maximum Gasteiger partial charge on any atom is 0.119 e. The summed E-state index contributed by atoms with van der Waals surface area (Å²) in [6.45, 7) is 6.04. The van der Waals surface area contributed by atoms with Crippen molar-refractivity contribution in [1.29, 1.82) is 0 Å². The van der Waals surface area contributed by atoms with Crippen molar-refractivity contribution in [2.45, 2.75) is 46.1 Å². The molecule has 2 aromatic carbocycles. The zero-order valence-corrected chi connectivity index (χ0v) is 13.8. The van der Waals surface area contributed by atoms with Gasteiger partial charge in [0.05, 0.1) is 6.61 Å². The topological polar surface area (TPSA) is 21.3 Å². The van der Waals surface area contributed by atoms with Gasteiger partial charge < -0.3 is 10.1 Å². The van der Waals surface area contributed by atoms with Crippen molar-refractivity contribution in [1.82, 2.24) is 0 Å². The summed E-state index contributed by atoms with van der Waals surface area (Å²) in [6.07, 6.45) is 4.96. The third-order valence-electron chi connectivity index (χ3n) is 3.87. The lowest BCUT2D eigenvalue weighted by molar-refractivity contribution is 0.305. The van der Waals surface area contributed by atoms with Gasteiger partial charge in [0.25, 0.3) is 0 Å². The van der Waals surface area contributed by atoms with Crippen LogP contribution in [0.4, 0.5) is 5.69 Å². The normalized spacial score (nSPS) is 10.5. The van der Waals surface area contributed by atoms with Crippen LogP contribution >= 0.6 is 0 Å². The van der Waals surface area contributed by atoms with Crippen molar-refractivity contribution in [2.75, 3.05) is 11.9 Å².